The monoisotopic (exact) mass is 338 g/mol. The zero-order valence-corrected chi connectivity index (χ0v) is 14.4. The van der Waals surface area contributed by atoms with Gasteiger partial charge < -0.3 is 5.32 Å². The van der Waals surface area contributed by atoms with Crippen molar-refractivity contribution in [1.29, 1.82) is 0 Å². The third-order valence-electron chi connectivity index (χ3n) is 3.47. The first-order chi connectivity index (χ1) is 11.6. The first kappa shape index (κ1) is 16.3. The number of pyridine rings is 1. The SMILES string of the molecule is Cc1cccc(NC(=O)CSc2nccn2-c2ccccc2C)n1. The Labute approximate surface area is 145 Å². The summed E-state index contributed by atoms with van der Waals surface area (Å²) in [5.41, 5.74) is 3.10. The number of nitrogens with one attached hydrogen (secondary N) is 1. The van der Waals surface area contributed by atoms with Gasteiger partial charge in [0.15, 0.2) is 5.16 Å². The first-order valence-corrected chi connectivity index (χ1v) is 8.58. The summed E-state index contributed by atoms with van der Waals surface area (Å²) in [6, 6.07) is 13.6. The van der Waals surface area contributed by atoms with E-state index in [1.54, 1.807) is 12.3 Å². The highest BCUT2D eigenvalue weighted by molar-refractivity contribution is 7.99. The maximum Gasteiger partial charge on any atom is 0.236 e. The molecule has 1 amide bonds. The minimum atomic E-state index is -0.0996. The van der Waals surface area contributed by atoms with Crippen molar-refractivity contribution in [2.75, 3.05) is 11.1 Å². The zero-order valence-electron chi connectivity index (χ0n) is 13.6. The van der Waals surface area contributed by atoms with Gasteiger partial charge in [-0.3, -0.25) is 9.36 Å². The van der Waals surface area contributed by atoms with Crippen LogP contribution in [0.3, 0.4) is 0 Å². The molecule has 0 bridgehead atoms. The van der Waals surface area contributed by atoms with Crippen LogP contribution in [0.25, 0.3) is 5.69 Å². The van der Waals surface area contributed by atoms with E-state index >= 15 is 0 Å². The lowest BCUT2D eigenvalue weighted by atomic mass is 10.2. The highest BCUT2D eigenvalue weighted by atomic mass is 32.2. The van der Waals surface area contributed by atoms with Gasteiger partial charge in [-0.2, -0.15) is 0 Å². The van der Waals surface area contributed by atoms with Gasteiger partial charge in [0.05, 0.1) is 11.4 Å². The molecular formula is C18H18N4OS. The third kappa shape index (κ3) is 3.83. The van der Waals surface area contributed by atoms with Crippen molar-refractivity contribution in [3.63, 3.8) is 0 Å². The van der Waals surface area contributed by atoms with Crippen LogP contribution in [0.1, 0.15) is 11.3 Å². The van der Waals surface area contributed by atoms with Crippen LogP contribution in [0.15, 0.2) is 60.0 Å². The molecule has 1 N–H and O–H groups in total. The van der Waals surface area contributed by atoms with Crippen molar-refractivity contribution < 1.29 is 4.79 Å². The molecule has 3 rings (SSSR count). The van der Waals surface area contributed by atoms with Crippen molar-refractivity contribution in [2.24, 2.45) is 0 Å². The van der Waals surface area contributed by atoms with Gasteiger partial charge in [0, 0.05) is 18.1 Å². The smallest absolute Gasteiger partial charge is 0.236 e. The van der Waals surface area contributed by atoms with E-state index in [0.29, 0.717) is 5.82 Å². The fourth-order valence-electron chi connectivity index (χ4n) is 2.34. The fraction of sp³-hybridized carbons (Fsp3) is 0.167. The molecule has 0 saturated heterocycles. The van der Waals surface area contributed by atoms with Crippen LogP contribution in [0.4, 0.5) is 5.82 Å². The van der Waals surface area contributed by atoms with Crippen molar-refractivity contribution in [3.8, 4) is 5.69 Å². The lowest BCUT2D eigenvalue weighted by Crippen LogP contribution is -2.15. The van der Waals surface area contributed by atoms with E-state index in [-0.39, 0.29) is 11.7 Å². The maximum absolute atomic E-state index is 12.1. The summed E-state index contributed by atoms with van der Waals surface area (Å²) in [6.07, 6.45) is 3.65. The standard InChI is InChI=1S/C18H18N4OS/c1-13-6-3-4-8-15(13)22-11-10-19-18(22)24-12-17(23)21-16-9-5-7-14(2)20-16/h3-11H,12H2,1-2H3,(H,20,21,23). The van der Waals surface area contributed by atoms with Crippen LogP contribution < -0.4 is 5.32 Å². The number of nitrogens with zero attached hydrogens (tertiary/aromatic N) is 3. The van der Waals surface area contributed by atoms with Crippen molar-refractivity contribution in [2.45, 2.75) is 19.0 Å². The Morgan fingerprint density at radius 2 is 2.00 bits per heavy atom. The number of carbonyl (C=O) groups is 1. The summed E-state index contributed by atoms with van der Waals surface area (Å²) in [7, 11) is 0. The van der Waals surface area contributed by atoms with Gasteiger partial charge in [0.2, 0.25) is 5.91 Å². The molecule has 6 heteroatoms. The summed E-state index contributed by atoms with van der Waals surface area (Å²) < 4.78 is 2.00. The van der Waals surface area contributed by atoms with E-state index in [2.05, 4.69) is 28.3 Å². The van der Waals surface area contributed by atoms with Gasteiger partial charge in [0.1, 0.15) is 5.82 Å². The predicted molar refractivity (Wildman–Crippen MR) is 96.6 cm³/mol. The van der Waals surface area contributed by atoms with Crippen LogP contribution in [0, 0.1) is 13.8 Å². The van der Waals surface area contributed by atoms with E-state index in [1.807, 2.05) is 48.0 Å². The number of imidazole rings is 1. The van der Waals surface area contributed by atoms with Crippen molar-refractivity contribution in [1.82, 2.24) is 14.5 Å². The van der Waals surface area contributed by atoms with Gasteiger partial charge in [-0.15, -0.1) is 0 Å². The predicted octanol–water partition coefficient (Wildman–Crippen LogP) is 3.61. The first-order valence-electron chi connectivity index (χ1n) is 7.59. The molecule has 1 aromatic carbocycles. The molecule has 5 nitrogen and oxygen atoms in total. The minimum Gasteiger partial charge on any atom is -0.310 e. The number of amides is 1. The van der Waals surface area contributed by atoms with Gasteiger partial charge in [0.25, 0.3) is 0 Å². The van der Waals surface area contributed by atoms with Crippen LogP contribution >= 0.6 is 11.8 Å². The quantitative estimate of drug-likeness (QED) is 0.722. The molecule has 0 spiro atoms. The second-order valence-electron chi connectivity index (χ2n) is 5.37. The molecule has 122 valence electrons. The summed E-state index contributed by atoms with van der Waals surface area (Å²) in [5, 5.41) is 3.60. The van der Waals surface area contributed by atoms with Crippen LogP contribution in [0.5, 0.6) is 0 Å². The Bertz CT molecular complexity index is 859. The number of hydrogen-bond donors (Lipinski definition) is 1. The molecule has 0 radical (unpaired) electrons. The minimum absolute atomic E-state index is 0.0996. The third-order valence-corrected chi connectivity index (χ3v) is 4.44. The zero-order chi connectivity index (χ0) is 16.9. The van der Waals surface area contributed by atoms with E-state index in [0.717, 1.165) is 22.1 Å². The van der Waals surface area contributed by atoms with E-state index < -0.39 is 0 Å². The van der Waals surface area contributed by atoms with Crippen molar-refractivity contribution >= 4 is 23.5 Å². The molecule has 24 heavy (non-hydrogen) atoms. The topological polar surface area (TPSA) is 59.8 Å². The molecule has 0 aliphatic heterocycles. The molecule has 3 aromatic rings. The van der Waals surface area contributed by atoms with Crippen LogP contribution in [-0.2, 0) is 4.79 Å². The molecule has 0 aliphatic rings. The molecule has 2 heterocycles. The molecular weight excluding hydrogens is 320 g/mol. The Morgan fingerprint density at radius 3 is 2.79 bits per heavy atom. The van der Waals surface area contributed by atoms with Gasteiger partial charge in [-0.1, -0.05) is 36.0 Å². The number of rotatable bonds is 5. The average Bonchev–Trinajstić information content (AvgIpc) is 3.02. The van der Waals surface area contributed by atoms with E-state index in [1.165, 1.54) is 11.8 Å². The second kappa shape index (κ2) is 7.31. The normalized spacial score (nSPS) is 10.6. The number of para-hydroxylation sites is 1. The highest BCUT2D eigenvalue weighted by Gasteiger charge is 2.11. The number of aryl methyl sites for hydroxylation is 2. The summed E-state index contributed by atoms with van der Waals surface area (Å²) in [4.78, 5) is 20.8. The highest BCUT2D eigenvalue weighted by Crippen LogP contribution is 2.22. The molecule has 0 unspecified atom stereocenters. The van der Waals surface area contributed by atoms with Crippen LogP contribution in [-0.4, -0.2) is 26.2 Å². The Balaban J connectivity index is 1.67. The second-order valence-corrected chi connectivity index (χ2v) is 6.31. The molecule has 0 saturated carbocycles. The number of carbonyl (C=O) groups excluding carboxylic acids is 1. The van der Waals surface area contributed by atoms with Gasteiger partial charge >= 0.3 is 0 Å². The van der Waals surface area contributed by atoms with Crippen molar-refractivity contribution in [3.05, 3.63) is 66.1 Å². The van der Waals surface area contributed by atoms with E-state index in [4.69, 9.17) is 0 Å². The Kier molecular flexibility index (Phi) is 4.96. The van der Waals surface area contributed by atoms with Gasteiger partial charge in [-0.05, 0) is 37.6 Å². The molecule has 0 atom stereocenters. The van der Waals surface area contributed by atoms with Gasteiger partial charge in [-0.25, -0.2) is 9.97 Å². The average molecular weight is 338 g/mol. The largest absolute Gasteiger partial charge is 0.310 e. The molecule has 0 fully saturated rings. The summed E-state index contributed by atoms with van der Waals surface area (Å²) in [6.45, 7) is 3.95. The lowest BCUT2D eigenvalue weighted by Gasteiger charge is -2.10. The Morgan fingerprint density at radius 1 is 1.17 bits per heavy atom. The summed E-state index contributed by atoms with van der Waals surface area (Å²) in [5.74, 6) is 0.749. The summed E-state index contributed by atoms with van der Waals surface area (Å²) >= 11 is 1.40. The molecule has 2 aromatic heterocycles. The number of thioether (sulfide) groups is 1. The number of anilines is 1. The maximum atomic E-state index is 12.1. The number of aromatic nitrogens is 3. The number of benzene rings is 1. The lowest BCUT2D eigenvalue weighted by molar-refractivity contribution is -0.113. The Hall–Kier alpha value is -2.60. The molecule has 0 aliphatic carbocycles. The van der Waals surface area contributed by atoms with E-state index in [9.17, 15) is 4.79 Å². The number of hydrogen-bond acceptors (Lipinski definition) is 4. The fourth-order valence-corrected chi connectivity index (χ4v) is 3.10. The van der Waals surface area contributed by atoms with Crippen LogP contribution in [0.2, 0.25) is 0 Å².